The topological polar surface area (TPSA) is 54.2 Å². The number of hydrogen-bond donors (Lipinski definition) is 2. The molecule has 15 heavy (non-hydrogen) atoms. The van der Waals surface area contributed by atoms with E-state index in [0.717, 1.165) is 26.2 Å². The van der Waals surface area contributed by atoms with Crippen molar-refractivity contribution in [2.45, 2.75) is 12.6 Å². The van der Waals surface area contributed by atoms with Crippen LogP contribution in [0.5, 0.6) is 0 Å². The molecule has 2 rings (SSSR count). The van der Waals surface area contributed by atoms with Gasteiger partial charge in [-0.15, -0.1) is 0 Å². The Morgan fingerprint density at radius 3 is 3.00 bits per heavy atom. The fourth-order valence-corrected chi connectivity index (χ4v) is 1.94. The van der Waals surface area contributed by atoms with Crippen molar-refractivity contribution in [1.29, 1.82) is 0 Å². The maximum atomic E-state index is 5.66. The Kier molecular flexibility index (Phi) is 3.66. The van der Waals surface area contributed by atoms with E-state index in [1.807, 2.05) is 12.4 Å². The second kappa shape index (κ2) is 5.21. The molecule has 0 radical (unpaired) electrons. The van der Waals surface area contributed by atoms with Gasteiger partial charge in [-0.25, -0.2) is 0 Å². The summed E-state index contributed by atoms with van der Waals surface area (Å²) in [7, 11) is 0. The number of nitrogens with one attached hydrogen (secondary N) is 1. The smallest absolute Gasteiger partial charge is 0.0318 e. The van der Waals surface area contributed by atoms with E-state index in [-0.39, 0.29) is 0 Å². The lowest BCUT2D eigenvalue weighted by Gasteiger charge is -2.33. The fourth-order valence-electron chi connectivity index (χ4n) is 1.94. The zero-order valence-corrected chi connectivity index (χ0v) is 8.89. The number of aromatic nitrogens is 1. The van der Waals surface area contributed by atoms with E-state index in [1.165, 1.54) is 5.56 Å². The Morgan fingerprint density at radius 2 is 2.27 bits per heavy atom. The van der Waals surface area contributed by atoms with Gasteiger partial charge in [0.2, 0.25) is 0 Å². The molecule has 0 saturated carbocycles. The molecule has 1 fully saturated rings. The van der Waals surface area contributed by atoms with Crippen LogP contribution in [-0.4, -0.2) is 42.1 Å². The monoisotopic (exact) mass is 206 g/mol. The third-order valence-corrected chi connectivity index (χ3v) is 2.78. The van der Waals surface area contributed by atoms with Crippen molar-refractivity contribution >= 4 is 0 Å². The summed E-state index contributed by atoms with van der Waals surface area (Å²) < 4.78 is 0. The largest absolute Gasteiger partial charge is 0.329 e. The third-order valence-electron chi connectivity index (χ3n) is 2.78. The molecule has 0 spiro atoms. The third kappa shape index (κ3) is 2.99. The number of rotatable bonds is 3. The molecule has 1 saturated heterocycles. The minimum absolute atomic E-state index is 0.445. The summed E-state index contributed by atoms with van der Waals surface area (Å²) in [4.78, 5) is 6.45. The van der Waals surface area contributed by atoms with Gasteiger partial charge in [0.05, 0.1) is 0 Å². The summed E-state index contributed by atoms with van der Waals surface area (Å²) in [6.45, 7) is 4.89. The lowest BCUT2D eigenvalue weighted by atomic mass is 10.2. The first-order chi connectivity index (χ1) is 7.38. The maximum Gasteiger partial charge on any atom is 0.0318 e. The highest BCUT2D eigenvalue weighted by atomic mass is 15.2. The van der Waals surface area contributed by atoms with Crippen molar-refractivity contribution in [3.05, 3.63) is 30.1 Å². The first kappa shape index (κ1) is 10.5. The van der Waals surface area contributed by atoms with Gasteiger partial charge in [-0.1, -0.05) is 0 Å². The quantitative estimate of drug-likeness (QED) is 0.720. The minimum atomic E-state index is 0.445. The summed E-state index contributed by atoms with van der Waals surface area (Å²) in [6.07, 6.45) is 3.69. The highest BCUT2D eigenvalue weighted by molar-refractivity contribution is 5.09. The zero-order valence-electron chi connectivity index (χ0n) is 8.89. The molecule has 1 aromatic rings. The van der Waals surface area contributed by atoms with Crippen LogP contribution in [0.15, 0.2) is 24.5 Å². The number of nitrogens with two attached hydrogens (primary N) is 1. The molecule has 4 nitrogen and oxygen atoms in total. The van der Waals surface area contributed by atoms with Crippen LogP contribution in [0.3, 0.4) is 0 Å². The molecule has 0 bridgehead atoms. The van der Waals surface area contributed by atoms with Crippen LogP contribution in [0.4, 0.5) is 0 Å². The Bertz CT molecular complexity index is 288. The summed E-state index contributed by atoms with van der Waals surface area (Å²) in [5.74, 6) is 0. The molecular formula is C11H18N4. The van der Waals surface area contributed by atoms with Crippen LogP contribution >= 0.6 is 0 Å². The van der Waals surface area contributed by atoms with Gasteiger partial charge >= 0.3 is 0 Å². The second-order valence-corrected chi connectivity index (χ2v) is 3.98. The number of pyridine rings is 1. The van der Waals surface area contributed by atoms with Crippen molar-refractivity contribution in [3.8, 4) is 0 Å². The first-order valence-corrected chi connectivity index (χ1v) is 5.43. The lowest BCUT2D eigenvalue weighted by Crippen LogP contribution is -2.53. The molecule has 0 aliphatic carbocycles. The molecule has 2 heterocycles. The predicted octanol–water partition coefficient (Wildman–Crippen LogP) is -0.186. The number of piperazine rings is 1. The van der Waals surface area contributed by atoms with E-state index in [9.17, 15) is 0 Å². The van der Waals surface area contributed by atoms with Crippen molar-refractivity contribution in [2.24, 2.45) is 5.73 Å². The normalized spacial score (nSPS) is 22.9. The van der Waals surface area contributed by atoms with Gasteiger partial charge in [0.15, 0.2) is 0 Å². The van der Waals surface area contributed by atoms with Crippen LogP contribution in [0, 0.1) is 0 Å². The van der Waals surface area contributed by atoms with Crippen LogP contribution in [0.25, 0.3) is 0 Å². The van der Waals surface area contributed by atoms with E-state index in [1.54, 1.807) is 0 Å². The van der Waals surface area contributed by atoms with E-state index in [4.69, 9.17) is 5.73 Å². The number of hydrogen-bond acceptors (Lipinski definition) is 4. The van der Waals surface area contributed by atoms with Crippen LogP contribution in [-0.2, 0) is 6.54 Å². The summed E-state index contributed by atoms with van der Waals surface area (Å²) in [5.41, 5.74) is 6.98. The Balaban J connectivity index is 1.89. The van der Waals surface area contributed by atoms with Crippen LogP contribution in [0.1, 0.15) is 5.56 Å². The molecule has 0 amide bonds. The molecule has 1 unspecified atom stereocenters. The Labute approximate surface area is 90.5 Å². The van der Waals surface area contributed by atoms with Gasteiger partial charge < -0.3 is 11.1 Å². The van der Waals surface area contributed by atoms with Gasteiger partial charge in [0, 0.05) is 51.2 Å². The van der Waals surface area contributed by atoms with E-state index in [0.29, 0.717) is 12.6 Å². The molecule has 3 N–H and O–H groups in total. The summed E-state index contributed by atoms with van der Waals surface area (Å²) in [6, 6.07) is 4.58. The van der Waals surface area contributed by atoms with Gasteiger partial charge in [0.25, 0.3) is 0 Å². The SMILES string of the molecule is NCC1CN(Cc2ccncc2)CCN1. The fraction of sp³-hybridized carbons (Fsp3) is 0.545. The van der Waals surface area contributed by atoms with Gasteiger partial charge in [0.1, 0.15) is 0 Å². The molecule has 1 aromatic heterocycles. The lowest BCUT2D eigenvalue weighted by molar-refractivity contribution is 0.195. The van der Waals surface area contributed by atoms with E-state index >= 15 is 0 Å². The average molecular weight is 206 g/mol. The zero-order chi connectivity index (χ0) is 10.5. The standard InChI is InChI=1S/C11H18N4/c12-7-11-9-15(6-5-14-11)8-10-1-3-13-4-2-10/h1-4,11,14H,5-9,12H2. The predicted molar refractivity (Wildman–Crippen MR) is 60.4 cm³/mol. The van der Waals surface area contributed by atoms with Crippen molar-refractivity contribution < 1.29 is 0 Å². The van der Waals surface area contributed by atoms with Crippen molar-refractivity contribution in [2.75, 3.05) is 26.2 Å². The molecule has 4 heteroatoms. The van der Waals surface area contributed by atoms with E-state index in [2.05, 4.69) is 27.3 Å². The average Bonchev–Trinajstić information content (AvgIpc) is 2.31. The van der Waals surface area contributed by atoms with Crippen LogP contribution < -0.4 is 11.1 Å². The van der Waals surface area contributed by atoms with Crippen LogP contribution in [0.2, 0.25) is 0 Å². The summed E-state index contributed by atoms with van der Waals surface area (Å²) in [5, 5.41) is 3.41. The molecule has 1 aliphatic rings. The second-order valence-electron chi connectivity index (χ2n) is 3.98. The molecular weight excluding hydrogens is 188 g/mol. The number of nitrogens with zero attached hydrogens (tertiary/aromatic N) is 2. The Hall–Kier alpha value is -0.970. The highest BCUT2D eigenvalue weighted by Gasteiger charge is 2.17. The van der Waals surface area contributed by atoms with Gasteiger partial charge in [-0.3, -0.25) is 9.88 Å². The highest BCUT2D eigenvalue weighted by Crippen LogP contribution is 2.05. The van der Waals surface area contributed by atoms with Crippen molar-refractivity contribution in [1.82, 2.24) is 15.2 Å². The Morgan fingerprint density at radius 1 is 1.47 bits per heavy atom. The minimum Gasteiger partial charge on any atom is -0.329 e. The molecule has 0 aromatic carbocycles. The molecule has 1 aliphatic heterocycles. The van der Waals surface area contributed by atoms with E-state index < -0.39 is 0 Å². The molecule has 1 atom stereocenters. The molecule has 82 valence electrons. The van der Waals surface area contributed by atoms with Gasteiger partial charge in [-0.05, 0) is 17.7 Å². The summed E-state index contributed by atoms with van der Waals surface area (Å²) >= 11 is 0. The maximum absolute atomic E-state index is 5.66. The van der Waals surface area contributed by atoms with Gasteiger partial charge in [-0.2, -0.15) is 0 Å². The van der Waals surface area contributed by atoms with Crippen molar-refractivity contribution in [3.63, 3.8) is 0 Å². The first-order valence-electron chi connectivity index (χ1n) is 5.43.